The van der Waals surface area contributed by atoms with Crippen LogP contribution in [0.3, 0.4) is 0 Å². The molecule has 1 aromatic rings. The molecule has 0 N–H and O–H groups in total. The van der Waals surface area contributed by atoms with Crippen molar-refractivity contribution in [3.8, 4) is 0 Å². The van der Waals surface area contributed by atoms with E-state index in [1.165, 1.54) is 0 Å². The Hall–Kier alpha value is -0.861. The maximum absolute atomic E-state index is 5.56. The molecule has 2 rings (SSSR count). The van der Waals surface area contributed by atoms with Crippen LogP contribution in [-0.4, -0.2) is 16.4 Å². The Kier molecular flexibility index (Phi) is 4.11. The van der Waals surface area contributed by atoms with Gasteiger partial charge in [-0.05, 0) is 18.4 Å². The number of hydrogen-bond donors (Lipinski definition) is 0. The summed E-state index contributed by atoms with van der Waals surface area (Å²) in [7, 11) is 0. The Labute approximate surface area is 110 Å². The summed E-state index contributed by atoms with van der Waals surface area (Å²) in [5.41, 5.74) is 0.866. The van der Waals surface area contributed by atoms with Gasteiger partial charge in [0.25, 0.3) is 0 Å². The molecule has 89 valence electrons. The average Bonchev–Trinajstić information content (AvgIpc) is 2.75. The summed E-state index contributed by atoms with van der Waals surface area (Å²) in [6.45, 7) is 6.88. The van der Waals surface area contributed by atoms with Crippen LogP contribution in [0.25, 0.3) is 5.70 Å². The second-order valence-electron chi connectivity index (χ2n) is 4.09. The van der Waals surface area contributed by atoms with Gasteiger partial charge in [0.15, 0.2) is 0 Å². The summed E-state index contributed by atoms with van der Waals surface area (Å²) < 4.78 is 7.36. The van der Waals surface area contributed by atoms with Crippen molar-refractivity contribution in [2.75, 3.05) is 6.61 Å². The summed E-state index contributed by atoms with van der Waals surface area (Å²) in [6.07, 6.45) is 9.02. The number of allylic oxidation sites excluding steroid dienone is 3. The van der Waals surface area contributed by atoms with Crippen LogP contribution in [0, 0.1) is 11.5 Å². The second kappa shape index (κ2) is 4.98. The fourth-order valence-corrected chi connectivity index (χ4v) is 1.62. The molecule has 0 saturated carbocycles. The third-order valence-corrected chi connectivity index (χ3v) is 2.36. The van der Waals surface area contributed by atoms with E-state index >= 15 is 0 Å². The first-order valence-corrected chi connectivity index (χ1v) is 5.13. The van der Waals surface area contributed by atoms with Gasteiger partial charge in [-0.3, -0.25) is 4.68 Å². The average molecular weight is 395 g/mol. The van der Waals surface area contributed by atoms with Gasteiger partial charge in [0, 0.05) is 38.3 Å². The molecule has 0 atom stereocenters. The van der Waals surface area contributed by atoms with Crippen LogP contribution in [0.5, 0.6) is 0 Å². The first-order chi connectivity index (χ1) is 7.13. The van der Waals surface area contributed by atoms with Crippen LogP contribution in [0.1, 0.15) is 20.8 Å². The zero-order valence-electron chi connectivity index (χ0n) is 9.65. The van der Waals surface area contributed by atoms with E-state index < -0.39 is 0 Å². The number of ether oxygens (including phenoxy) is 1. The molecule has 0 bridgehead atoms. The van der Waals surface area contributed by atoms with Gasteiger partial charge in [-0.25, -0.2) is 0 Å². The Morgan fingerprint density at radius 2 is 2.25 bits per heavy atom. The minimum absolute atomic E-state index is 0. The summed E-state index contributed by atoms with van der Waals surface area (Å²) in [4.78, 5) is 0. The van der Waals surface area contributed by atoms with Gasteiger partial charge in [0.1, 0.15) is 0 Å². The van der Waals surface area contributed by atoms with Gasteiger partial charge in [-0.15, -0.1) is 5.70 Å². The predicted molar refractivity (Wildman–Crippen MR) is 58.7 cm³/mol. The summed E-state index contributed by atoms with van der Waals surface area (Å²) in [6, 6.07) is 1.90. The molecule has 1 aliphatic rings. The molecule has 1 aromatic heterocycles. The Morgan fingerprint density at radius 1 is 1.50 bits per heavy atom. The van der Waals surface area contributed by atoms with Gasteiger partial charge >= 0.3 is 0 Å². The molecule has 1 heterocycles. The number of nitrogens with zero attached hydrogens (tertiary/aromatic N) is 2. The van der Waals surface area contributed by atoms with E-state index in [0.717, 1.165) is 11.5 Å². The van der Waals surface area contributed by atoms with Crippen molar-refractivity contribution in [3.05, 3.63) is 36.4 Å². The molecule has 4 heteroatoms. The van der Waals surface area contributed by atoms with E-state index in [1.807, 2.05) is 19.2 Å². The van der Waals surface area contributed by atoms with Gasteiger partial charge < -0.3 is 4.74 Å². The quantitative estimate of drug-likeness (QED) is 0.736. The van der Waals surface area contributed by atoms with Gasteiger partial charge in [0.2, 0.25) is 0 Å². The van der Waals surface area contributed by atoms with E-state index in [9.17, 15) is 0 Å². The molecule has 0 saturated heterocycles. The van der Waals surface area contributed by atoms with Crippen molar-refractivity contribution in [1.82, 2.24) is 9.78 Å². The number of hydrogen-bond acceptors (Lipinski definition) is 2. The molecular weight excluding hydrogens is 380 g/mol. The largest absolute Gasteiger partial charge is 0.518 e. The number of rotatable bonds is 3. The Bertz CT molecular complexity index is 405. The van der Waals surface area contributed by atoms with Crippen molar-refractivity contribution in [2.45, 2.75) is 20.8 Å². The predicted octanol–water partition coefficient (Wildman–Crippen LogP) is 2.48. The standard InChI is InChI=1S/C12H15N2O.Ir/c1-4-15-11-8-10(9-12(11,2)3)14-7-5-6-13-14;/h5-7,9H,4H2,1-3H3;/q-1;. The van der Waals surface area contributed by atoms with E-state index in [1.54, 1.807) is 10.9 Å². The van der Waals surface area contributed by atoms with Gasteiger partial charge in [-0.2, -0.15) is 17.3 Å². The minimum Gasteiger partial charge on any atom is -0.518 e. The van der Waals surface area contributed by atoms with E-state index in [-0.39, 0.29) is 25.5 Å². The van der Waals surface area contributed by atoms with Crippen molar-refractivity contribution < 1.29 is 24.8 Å². The smallest absolute Gasteiger partial charge is 0.0825 e. The minimum atomic E-state index is -0.0860. The topological polar surface area (TPSA) is 27.1 Å². The summed E-state index contributed by atoms with van der Waals surface area (Å²) >= 11 is 0. The molecule has 0 fully saturated rings. The van der Waals surface area contributed by atoms with Crippen LogP contribution in [0.4, 0.5) is 0 Å². The first kappa shape index (κ1) is 13.2. The number of aromatic nitrogens is 2. The van der Waals surface area contributed by atoms with Crippen molar-refractivity contribution >= 4 is 5.70 Å². The Morgan fingerprint density at radius 3 is 2.81 bits per heavy atom. The van der Waals surface area contributed by atoms with Crippen LogP contribution >= 0.6 is 0 Å². The van der Waals surface area contributed by atoms with E-state index in [0.29, 0.717) is 6.61 Å². The summed E-state index contributed by atoms with van der Waals surface area (Å²) in [5, 5.41) is 4.18. The van der Waals surface area contributed by atoms with E-state index in [4.69, 9.17) is 4.74 Å². The zero-order chi connectivity index (χ0) is 10.9. The van der Waals surface area contributed by atoms with Gasteiger partial charge in [0.05, 0.1) is 6.61 Å². The SMILES string of the molecule is CCOC1=[C-]C(n2cccn2)=CC1(C)C.[Ir]. The maximum atomic E-state index is 5.56. The molecule has 3 nitrogen and oxygen atoms in total. The molecule has 0 amide bonds. The van der Waals surface area contributed by atoms with Crippen molar-refractivity contribution in [3.63, 3.8) is 0 Å². The molecule has 16 heavy (non-hydrogen) atoms. The molecule has 1 aliphatic carbocycles. The second-order valence-corrected chi connectivity index (χ2v) is 4.09. The molecular formula is C12H15IrN2O-. The third-order valence-electron chi connectivity index (χ3n) is 2.36. The fraction of sp³-hybridized carbons (Fsp3) is 0.417. The fourth-order valence-electron chi connectivity index (χ4n) is 1.62. The normalized spacial score (nSPS) is 17.4. The molecule has 0 unspecified atom stereocenters. The van der Waals surface area contributed by atoms with Gasteiger partial charge in [-0.1, -0.05) is 13.8 Å². The van der Waals surface area contributed by atoms with Crippen LogP contribution in [0.15, 0.2) is 30.3 Å². The van der Waals surface area contributed by atoms with Crippen LogP contribution < -0.4 is 0 Å². The first-order valence-electron chi connectivity index (χ1n) is 5.13. The maximum Gasteiger partial charge on any atom is 0.0825 e. The molecule has 1 radical (unpaired) electrons. The third kappa shape index (κ3) is 2.45. The van der Waals surface area contributed by atoms with Crippen LogP contribution in [0.2, 0.25) is 0 Å². The molecule has 0 aliphatic heterocycles. The monoisotopic (exact) mass is 396 g/mol. The zero-order valence-corrected chi connectivity index (χ0v) is 12.0. The Balaban J connectivity index is 0.00000128. The molecule has 0 aromatic carbocycles. The molecule has 0 spiro atoms. The van der Waals surface area contributed by atoms with Crippen molar-refractivity contribution in [2.24, 2.45) is 5.41 Å². The summed E-state index contributed by atoms with van der Waals surface area (Å²) in [5.74, 6) is 0.885. The van der Waals surface area contributed by atoms with Crippen LogP contribution in [-0.2, 0) is 24.8 Å². The van der Waals surface area contributed by atoms with Crippen molar-refractivity contribution in [1.29, 1.82) is 0 Å². The van der Waals surface area contributed by atoms with E-state index in [2.05, 4.69) is 31.1 Å².